The molecule has 80 valence electrons. The standard InChI is InChI=1S/C10H8F3NO/c1-2-15-9(5-14)6-3-7(11)10(13)8(12)4-6/h3-4,9H,2H2,1H3. The normalized spacial score (nSPS) is 12.2. The molecule has 0 fully saturated rings. The molecule has 2 nitrogen and oxygen atoms in total. The molecule has 0 aliphatic heterocycles. The van der Waals surface area contributed by atoms with Crippen molar-refractivity contribution in [3.63, 3.8) is 0 Å². The highest BCUT2D eigenvalue weighted by molar-refractivity contribution is 5.25. The van der Waals surface area contributed by atoms with Crippen molar-refractivity contribution in [2.45, 2.75) is 13.0 Å². The molecule has 0 saturated heterocycles. The maximum absolute atomic E-state index is 12.8. The monoisotopic (exact) mass is 215 g/mol. The third kappa shape index (κ3) is 2.48. The molecule has 0 aromatic heterocycles. The minimum absolute atomic E-state index is 0.0317. The Morgan fingerprint density at radius 1 is 1.33 bits per heavy atom. The van der Waals surface area contributed by atoms with Crippen LogP contribution in [0.25, 0.3) is 0 Å². The highest BCUT2D eigenvalue weighted by Gasteiger charge is 2.16. The van der Waals surface area contributed by atoms with Gasteiger partial charge in [0.15, 0.2) is 23.6 Å². The van der Waals surface area contributed by atoms with Crippen LogP contribution in [0.4, 0.5) is 13.2 Å². The Balaban J connectivity index is 3.10. The number of hydrogen-bond acceptors (Lipinski definition) is 2. The summed E-state index contributed by atoms with van der Waals surface area (Å²) in [5, 5.41) is 8.65. The van der Waals surface area contributed by atoms with E-state index in [4.69, 9.17) is 10.00 Å². The van der Waals surface area contributed by atoms with Gasteiger partial charge >= 0.3 is 0 Å². The van der Waals surface area contributed by atoms with Gasteiger partial charge in [0, 0.05) is 12.2 Å². The summed E-state index contributed by atoms with van der Waals surface area (Å²) in [6.45, 7) is 1.86. The van der Waals surface area contributed by atoms with E-state index in [0.29, 0.717) is 0 Å². The number of nitrogens with zero attached hydrogens (tertiary/aromatic N) is 1. The Hall–Kier alpha value is -1.54. The zero-order valence-corrected chi connectivity index (χ0v) is 7.93. The van der Waals surface area contributed by atoms with E-state index < -0.39 is 23.6 Å². The van der Waals surface area contributed by atoms with Crippen LogP contribution in [0.2, 0.25) is 0 Å². The van der Waals surface area contributed by atoms with Gasteiger partial charge in [0.25, 0.3) is 0 Å². The Morgan fingerprint density at radius 2 is 1.87 bits per heavy atom. The van der Waals surface area contributed by atoms with E-state index in [2.05, 4.69) is 0 Å². The first-order valence-electron chi connectivity index (χ1n) is 4.25. The van der Waals surface area contributed by atoms with E-state index in [9.17, 15) is 13.2 Å². The third-order valence-electron chi connectivity index (χ3n) is 1.76. The molecular weight excluding hydrogens is 207 g/mol. The van der Waals surface area contributed by atoms with E-state index in [1.807, 2.05) is 0 Å². The molecule has 1 aromatic carbocycles. The molecular formula is C10H8F3NO. The van der Waals surface area contributed by atoms with Crippen molar-refractivity contribution >= 4 is 0 Å². The first kappa shape index (κ1) is 11.5. The molecule has 0 bridgehead atoms. The number of rotatable bonds is 3. The van der Waals surface area contributed by atoms with Crippen molar-refractivity contribution < 1.29 is 17.9 Å². The zero-order valence-electron chi connectivity index (χ0n) is 7.93. The number of nitriles is 1. The molecule has 1 aromatic rings. The molecule has 0 aliphatic rings. The van der Waals surface area contributed by atoms with Gasteiger partial charge in [-0.25, -0.2) is 13.2 Å². The van der Waals surface area contributed by atoms with E-state index in [1.54, 1.807) is 13.0 Å². The molecule has 5 heteroatoms. The zero-order chi connectivity index (χ0) is 11.4. The molecule has 0 radical (unpaired) electrons. The predicted molar refractivity (Wildman–Crippen MR) is 46.3 cm³/mol. The second-order valence-electron chi connectivity index (χ2n) is 2.76. The van der Waals surface area contributed by atoms with Gasteiger partial charge in [0.1, 0.15) is 0 Å². The Labute approximate surface area is 84.9 Å². The highest BCUT2D eigenvalue weighted by Crippen LogP contribution is 2.21. The fourth-order valence-electron chi connectivity index (χ4n) is 1.10. The molecule has 0 heterocycles. The van der Waals surface area contributed by atoms with Crippen molar-refractivity contribution in [3.8, 4) is 6.07 Å². The lowest BCUT2D eigenvalue weighted by atomic mass is 10.1. The fraction of sp³-hybridized carbons (Fsp3) is 0.300. The van der Waals surface area contributed by atoms with Crippen LogP contribution < -0.4 is 0 Å². The number of ether oxygens (including phenoxy) is 1. The summed E-state index contributed by atoms with van der Waals surface area (Å²) in [5.41, 5.74) is -0.0317. The molecule has 0 saturated carbocycles. The van der Waals surface area contributed by atoms with Crippen molar-refractivity contribution in [1.82, 2.24) is 0 Å². The third-order valence-corrected chi connectivity index (χ3v) is 1.76. The van der Waals surface area contributed by atoms with Crippen LogP contribution in [0.3, 0.4) is 0 Å². The van der Waals surface area contributed by atoms with Crippen LogP contribution in [0.15, 0.2) is 12.1 Å². The van der Waals surface area contributed by atoms with Gasteiger partial charge in [-0.2, -0.15) is 5.26 Å². The van der Waals surface area contributed by atoms with E-state index in [0.717, 1.165) is 12.1 Å². The first-order chi connectivity index (χ1) is 7.10. The quantitative estimate of drug-likeness (QED) is 0.726. The van der Waals surface area contributed by atoms with Crippen LogP contribution in [0.5, 0.6) is 0 Å². The Morgan fingerprint density at radius 3 is 2.27 bits per heavy atom. The lowest BCUT2D eigenvalue weighted by Gasteiger charge is -2.09. The summed E-state index contributed by atoms with van der Waals surface area (Å²) in [5.74, 6) is -4.21. The molecule has 0 N–H and O–H groups in total. The summed E-state index contributed by atoms with van der Waals surface area (Å²) in [6, 6.07) is 3.22. The van der Waals surface area contributed by atoms with Crippen LogP contribution in [-0.2, 0) is 4.74 Å². The molecule has 1 unspecified atom stereocenters. The van der Waals surface area contributed by atoms with Gasteiger partial charge in [0.05, 0.1) is 6.07 Å². The summed E-state index contributed by atoms with van der Waals surface area (Å²) < 4.78 is 43.1. The van der Waals surface area contributed by atoms with Gasteiger partial charge in [-0.05, 0) is 19.1 Å². The smallest absolute Gasteiger partial charge is 0.194 e. The molecule has 0 spiro atoms. The average molecular weight is 215 g/mol. The van der Waals surface area contributed by atoms with E-state index in [-0.39, 0.29) is 12.2 Å². The Kier molecular flexibility index (Phi) is 3.69. The number of benzene rings is 1. The largest absolute Gasteiger partial charge is 0.359 e. The minimum atomic E-state index is -1.55. The van der Waals surface area contributed by atoms with Crippen LogP contribution in [-0.4, -0.2) is 6.61 Å². The van der Waals surface area contributed by atoms with E-state index in [1.165, 1.54) is 0 Å². The lowest BCUT2D eigenvalue weighted by Crippen LogP contribution is -2.04. The maximum Gasteiger partial charge on any atom is 0.194 e. The fourth-order valence-corrected chi connectivity index (χ4v) is 1.10. The maximum atomic E-state index is 12.8. The molecule has 0 amide bonds. The molecule has 0 aliphatic carbocycles. The van der Waals surface area contributed by atoms with Crippen molar-refractivity contribution in [3.05, 3.63) is 35.1 Å². The molecule has 15 heavy (non-hydrogen) atoms. The summed E-state index contributed by atoms with van der Waals surface area (Å²) in [7, 11) is 0. The lowest BCUT2D eigenvalue weighted by molar-refractivity contribution is 0.101. The summed E-state index contributed by atoms with van der Waals surface area (Å²) in [4.78, 5) is 0. The van der Waals surface area contributed by atoms with Crippen LogP contribution in [0, 0.1) is 28.8 Å². The van der Waals surface area contributed by atoms with Gasteiger partial charge in [-0.1, -0.05) is 0 Å². The predicted octanol–water partition coefficient (Wildman–Crippen LogP) is 2.71. The molecule has 1 atom stereocenters. The SMILES string of the molecule is CCOC(C#N)c1cc(F)c(F)c(F)c1. The summed E-state index contributed by atoms with van der Waals surface area (Å²) >= 11 is 0. The van der Waals surface area contributed by atoms with Gasteiger partial charge < -0.3 is 4.74 Å². The van der Waals surface area contributed by atoms with Gasteiger partial charge in [-0.15, -0.1) is 0 Å². The van der Waals surface area contributed by atoms with Crippen molar-refractivity contribution in [2.75, 3.05) is 6.61 Å². The van der Waals surface area contributed by atoms with Crippen LogP contribution in [0.1, 0.15) is 18.6 Å². The van der Waals surface area contributed by atoms with E-state index >= 15 is 0 Å². The van der Waals surface area contributed by atoms with Gasteiger partial charge in [-0.3, -0.25) is 0 Å². The topological polar surface area (TPSA) is 33.0 Å². The van der Waals surface area contributed by atoms with Crippen molar-refractivity contribution in [2.24, 2.45) is 0 Å². The van der Waals surface area contributed by atoms with Crippen molar-refractivity contribution in [1.29, 1.82) is 5.26 Å². The second kappa shape index (κ2) is 4.80. The number of hydrogen-bond donors (Lipinski definition) is 0. The minimum Gasteiger partial charge on any atom is -0.359 e. The number of halogens is 3. The Bertz CT molecular complexity index is 377. The molecule has 1 rings (SSSR count). The summed E-state index contributed by atoms with van der Waals surface area (Å²) in [6.07, 6.45) is -1.08. The average Bonchev–Trinajstić information content (AvgIpc) is 2.22. The highest BCUT2D eigenvalue weighted by atomic mass is 19.2. The van der Waals surface area contributed by atoms with Crippen LogP contribution >= 0.6 is 0 Å². The first-order valence-corrected chi connectivity index (χ1v) is 4.25. The second-order valence-corrected chi connectivity index (χ2v) is 2.76. The van der Waals surface area contributed by atoms with Gasteiger partial charge in [0.2, 0.25) is 0 Å².